The summed E-state index contributed by atoms with van der Waals surface area (Å²) in [5.41, 5.74) is 3.39. The molecular weight excluding hydrogens is 374 g/mol. The Morgan fingerprint density at radius 1 is 1.43 bits per heavy atom. The molecule has 1 aliphatic rings. The Morgan fingerprint density at radius 3 is 3.04 bits per heavy atom. The lowest BCUT2D eigenvalue weighted by Crippen LogP contribution is -2.26. The maximum atomic E-state index is 11.4. The van der Waals surface area contributed by atoms with Crippen LogP contribution in [0.15, 0.2) is 42.6 Å². The number of benzene rings is 1. The average Bonchev–Trinajstić information content (AvgIpc) is 3.09. The molecule has 1 fully saturated rings. The first-order valence-corrected chi connectivity index (χ1v) is 9.96. The number of pyridine rings is 1. The summed E-state index contributed by atoms with van der Waals surface area (Å²) in [4.78, 5) is 18.3. The first kappa shape index (κ1) is 20.4. The van der Waals surface area contributed by atoms with E-state index in [4.69, 9.17) is 16.3 Å². The molecular formula is C22H26ClN3O2. The van der Waals surface area contributed by atoms with Crippen LogP contribution in [-0.2, 0) is 16.1 Å². The van der Waals surface area contributed by atoms with Crippen molar-refractivity contribution in [1.82, 2.24) is 9.88 Å². The van der Waals surface area contributed by atoms with Gasteiger partial charge in [-0.3, -0.25) is 4.90 Å². The number of likely N-dealkylation sites (tertiary alicyclic amines) is 1. The molecule has 2 heterocycles. The van der Waals surface area contributed by atoms with E-state index < -0.39 is 0 Å². The lowest BCUT2D eigenvalue weighted by molar-refractivity contribution is -0.137. The van der Waals surface area contributed by atoms with Gasteiger partial charge in [-0.25, -0.2) is 9.78 Å². The molecule has 0 radical (unpaired) electrons. The van der Waals surface area contributed by atoms with Gasteiger partial charge in [0.25, 0.3) is 0 Å². The summed E-state index contributed by atoms with van der Waals surface area (Å²) >= 11 is 6.38. The van der Waals surface area contributed by atoms with Crippen molar-refractivity contribution in [3.63, 3.8) is 0 Å². The highest BCUT2D eigenvalue weighted by molar-refractivity contribution is 6.33. The minimum Gasteiger partial charge on any atom is -0.463 e. The van der Waals surface area contributed by atoms with Gasteiger partial charge in [-0.1, -0.05) is 41.4 Å². The van der Waals surface area contributed by atoms with Gasteiger partial charge in [0.15, 0.2) is 0 Å². The number of nitrogens with zero attached hydrogens (tertiary/aromatic N) is 2. The Balaban J connectivity index is 1.55. The van der Waals surface area contributed by atoms with Crippen molar-refractivity contribution < 1.29 is 9.53 Å². The number of carbonyl (C=O) groups excluding carboxylic acids is 1. The third-order valence-corrected chi connectivity index (χ3v) is 4.95. The molecule has 1 N–H and O–H groups in total. The zero-order chi connectivity index (χ0) is 19.9. The minimum absolute atomic E-state index is 0.315. The molecule has 148 valence electrons. The molecule has 0 spiro atoms. The molecule has 1 aromatic carbocycles. The quantitative estimate of drug-likeness (QED) is 0.555. The van der Waals surface area contributed by atoms with E-state index in [1.54, 1.807) is 25.3 Å². The number of aryl methyl sites for hydroxylation is 1. The van der Waals surface area contributed by atoms with Gasteiger partial charge in [-0.05, 0) is 43.5 Å². The average molecular weight is 400 g/mol. The number of hydrogen-bond acceptors (Lipinski definition) is 5. The van der Waals surface area contributed by atoms with Crippen LogP contribution in [0.1, 0.15) is 30.0 Å². The van der Waals surface area contributed by atoms with Crippen LogP contribution in [0, 0.1) is 6.92 Å². The normalized spacial score (nSPS) is 17.2. The van der Waals surface area contributed by atoms with E-state index in [1.165, 1.54) is 17.2 Å². The summed E-state index contributed by atoms with van der Waals surface area (Å²) in [6.45, 7) is 7.21. The van der Waals surface area contributed by atoms with Crippen molar-refractivity contribution in [3.8, 4) is 0 Å². The molecule has 0 amide bonds. The van der Waals surface area contributed by atoms with E-state index in [0.29, 0.717) is 23.5 Å². The maximum Gasteiger partial charge on any atom is 0.330 e. The van der Waals surface area contributed by atoms with E-state index >= 15 is 0 Å². The van der Waals surface area contributed by atoms with Crippen LogP contribution in [0.5, 0.6) is 0 Å². The third-order valence-electron chi connectivity index (χ3n) is 4.66. The summed E-state index contributed by atoms with van der Waals surface area (Å²) in [6, 6.07) is 10.8. The second-order valence-corrected chi connectivity index (χ2v) is 7.45. The standard InChI is InChI=1S/C22H26ClN3O2/c1-3-28-21(27)8-7-17-12-20(23)22(24-13-17)25-19-9-10-26(15-19)14-18-6-4-5-16(2)11-18/h4-8,11-13,19H,3,9-10,14-15H2,1-2H3,(H,24,25)/b8-7+/t19-/m1/s1. The monoisotopic (exact) mass is 399 g/mol. The lowest BCUT2D eigenvalue weighted by Gasteiger charge is -2.18. The van der Waals surface area contributed by atoms with Crippen molar-refractivity contribution in [2.75, 3.05) is 25.0 Å². The van der Waals surface area contributed by atoms with Crippen LogP contribution in [0.2, 0.25) is 5.02 Å². The number of anilines is 1. The predicted molar refractivity (Wildman–Crippen MR) is 113 cm³/mol. The molecule has 0 unspecified atom stereocenters. The van der Waals surface area contributed by atoms with E-state index in [0.717, 1.165) is 31.6 Å². The van der Waals surface area contributed by atoms with Crippen LogP contribution >= 0.6 is 11.6 Å². The van der Waals surface area contributed by atoms with Gasteiger partial charge in [0, 0.05) is 37.9 Å². The predicted octanol–water partition coefficient (Wildman–Crippen LogP) is 4.31. The van der Waals surface area contributed by atoms with Crippen LogP contribution in [0.25, 0.3) is 6.08 Å². The maximum absolute atomic E-state index is 11.4. The van der Waals surface area contributed by atoms with Crippen molar-refractivity contribution >= 4 is 29.5 Å². The lowest BCUT2D eigenvalue weighted by atomic mass is 10.1. The summed E-state index contributed by atoms with van der Waals surface area (Å²) < 4.78 is 4.87. The number of carbonyl (C=O) groups is 1. The number of rotatable bonds is 7. The molecule has 0 saturated carbocycles. The summed E-state index contributed by atoms with van der Waals surface area (Å²) in [7, 11) is 0. The first-order valence-electron chi connectivity index (χ1n) is 9.58. The molecule has 2 aromatic rings. The van der Waals surface area contributed by atoms with E-state index in [1.807, 2.05) is 0 Å². The van der Waals surface area contributed by atoms with E-state index in [2.05, 4.69) is 46.4 Å². The Morgan fingerprint density at radius 2 is 2.29 bits per heavy atom. The number of esters is 1. The smallest absolute Gasteiger partial charge is 0.330 e. The molecule has 3 rings (SSSR count). The molecule has 0 bridgehead atoms. The highest BCUT2D eigenvalue weighted by Gasteiger charge is 2.23. The van der Waals surface area contributed by atoms with Gasteiger partial charge in [-0.15, -0.1) is 0 Å². The number of hydrogen-bond donors (Lipinski definition) is 1. The van der Waals surface area contributed by atoms with E-state index in [9.17, 15) is 4.79 Å². The highest BCUT2D eigenvalue weighted by atomic mass is 35.5. The topological polar surface area (TPSA) is 54.5 Å². The number of ether oxygens (including phenoxy) is 1. The van der Waals surface area contributed by atoms with Gasteiger partial charge in [-0.2, -0.15) is 0 Å². The van der Waals surface area contributed by atoms with Crippen LogP contribution in [-0.4, -0.2) is 41.6 Å². The molecule has 5 nitrogen and oxygen atoms in total. The number of nitrogens with one attached hydrogen (secondary N) is 1. The van der Waals surface area contributed by atoms with Crippen molar-refractivity contribution in [2.24, 2.45) is 0 Å². The molecule has 0 aliphatic carbocycles. The Kier molecular flexibility index (Phi) is 7.06. The van der Waals surface area contributed by atoms with Crippen LogP contribution < -0.4 is 5.32 Å². The Bertz CT molecular complexity index is 853. The number of aromatic nitrogens is 1. The van der Waals surface area contributed by atoms with Gasteiger partial charge in [0.1, 0.15) is 5.82 Å². The van der Waals surface area contributed by atoms with Crippen LogP contribution in [0.4, 0.5) is 5.82 Å². The van der Waals surface area contributed by atoms with Crippen LogP contribution in [0.3, 0.4) is 0 Å². The molecule has 1 aromatic heterocycles. The van der Waals surface area contributed by atoms with Gasteiger partial charge >= 0.3 is 5.97 Å². The molecule has 1 aliphatic heterocycles. The molecule has 1 saturated heterocycles. The minimum atomic E-state index is -0.375. The highest BCUT2D eigenvalue weighted by Crippen LogP contribution is 2.24. The number of halogens is 1. The fraction of sp³-hybridized carbons (Fsp3) is 0.364. The van der Waals surface area contributed by atoms with Gasteiger partial charge < -0.3 is 10.1 Å². The third kappa shape index (κ3) is 5.81. The first-order chi connectivity index (χ1) is 13.5. The van der Waals surface area contributed by atoms with Crippen molar-refractivity contribution in [3.05, 3.63) is 64.3 Å². The molecule has 1 atom stereocenters. The fourth-order valence-corrected chi connectivity index (χ4v) is 3.59. The van der Waals surface area contributed by atoms with Gasteiger partial charge in [0.2, 0.25) is 0 Å². The Hall–Kier alpha value is -2.37. The second-order valence-electron chi connectivity index (χ2n) is 7.04. The van der Waals surface area contributed by atoms with Crippen molar-refractivity contribution in [2.45, 2.75) is 32.9 Å². The zero-order valence-electron chi connectivity index (χ0n) is 16.3. The van der Waals surface area contributed by atoms with E-state index in [-0.39, 0.29) is 5.97 Å². The molecule has 6 heteroatoms. The van der Waals surface area contributed by atoms with Crippen molar-refractivity contribution in [1.29, 1.82) is 0 Å². The zero-order valence-corrected chi connectivity index (χ0v) is 17.1. The summed E-state index contributed by atoms with van der Waals surface area (Å²) in [5, 5.41) is 3.99. The SMILES string of the molecule is CCOC(=O)/C=C/c1cnc(N[C@@H]2CCN(Cc3cccc(C)c3)C2)c(Cl)c1. The Labute approximate surface area is 171 Å². The largest absolute Gasteiger partial charge is 0.463 e. The summed E-state index contributed by atoms with van der Waals surface area (Å²) in [5.74, 6) is 0.304. The molecule has 28 heavy (non-hydrogen) atoms. The fourth-order valence-electron chi connectivity index (χ4n) is 3.36. The second kappa shape index (κ2) is 9.71. The summed E-state index contributed by atoms with van der Waals surface area (Å²) in [6.07, 6.45) is 5.78. The van der Waals surface area contributed by atoms with Gasteiger partial charge in [0.05, 0.1) is 11.6 Å².